The second kappa shape index (κ2) is 7.17. The van der Waals surface area contributed by atoms with E-state index in [9.17, 15) is 4.79 Å². The Morgan fingerprint density at radius 1 is 1.27 bits per heavy atom. The molecule has 2 aromatic heterocycles. The molecule has 2 aromatic rings. The molecule has 2 N–H and O–H groups in total. The van der Waals surface area contributed by atoms with Crippen LogP contribution in [0.25, 0.3) is 0 Å². The van der Waals surface area contributed by atoms with Crippen LogP contribution in [0.5, 0.6) is 0 Å². The molecule has 8 heteroatoms. The van der Waals surface area contributed by atoms with Gasteiger partial charge in [-0.05, 0) is 13.8 Å². The Morgan fingerprint density at radius 3 is 2.68 bits per heavy atom. The lowest BCUT2D eigenvalue weighted by molar-refractivity contribution is 0.0958. The van der Waals surface area contributed by atoms with Gasteiger partial charge in [-0.1, -0.05) is 0 Å². The fourth-order valence-electron chi connectivity index (χ4n) is 1.84. The number of rotatable bonds is 6. The van der Waals surface area contributed by atoms with E-state index in [-0.39, 0.29) is 5.91 Å². The predicted molar refractivity (Wildman–Crippen MR) is 88.8 cm³/mol. The third-order valence-corrected chi connectivity index (χ3v) is 3.88. The molecule has 0 aliphatic carbocycles. The lowest BCUT2D eigenvalue weighted by atomic mass is 10.4. The van der Waals surface area contributed by atoms with Crippen LogP contribution < -0.4 is 15.5 Å². The van der Waals surface area contributed by atoms with E-state index in [2.05, 4.69) is 25.6 Å². The highest BCUT2D eigenvalue weighted by Gasteiger charge is 2.10. The van der Waals surface area contributed by atoms with Crippen LogP contribution in [0.4, 0.5) is 11.6 Å². The molecule has 118 valence electrons. The van der Waals surface area contributed by atoms with Crippen molar-refractivity contribution in [2.75, 3.05) is 37.4 Å². The number of hydrogen-bond donors (Lipinski definition) is 2. The molecule has 0 aliphatic heterocycles. The van der Waals surface area contributed by atoms with Crippen molar-refractivity contribution in [1.29, 1.82) is 0 Å². The quantitative estimate of drug-likeness (QED) is 0.784. The van der Waals surface area contributed by atoms with Gasteiger partial charge in [-0.15, -0.1) is 11.3 Å². The Kier molecular flexibility index (Phi) is 5.26. The lowest BCUT2D eigenvalue weighted by Crippen LogP contribution is -2.28. The van der Waals surface area contributed by atoms with Gasteiger partial charge in [-0.2, -0.15) is 0 Å². The Hall–Kier alpha value is -2.22. The lowest BCUT2D eigenvalue weighted by Gasteiger charge is -2.14. The predicted octanol–water partition coefficient (Wildman–Crippen LogP) is 1.46. The van der Waals surface area contributed by atoms with Gasteiger partial charge in [0, 0.05) is 33.3 Å². The molecule has 0 unspecified atom stereocenters. The van der Waals surface area contributed by atoms with E-state index in [1.807, 2.05) is 38.9 Å². The van der Waals surface area contributed by atoms with Gasteiger partial charge >= 0.3 is 0 Å². The number of carbonyl (C=O) groups is 1. The van der Waals surface area contributed by atoms with Crippen molar-refractivity contribution in [1.82, 2.24) is 20.3 Å². The van der Waals surface area contributed by atoms with Crippen LogP contribution in [-0.4, -0.2) is 48.0 Å². The molecule has 0 saturated carbocycles. The van der Waals surface area contributed by atoms with E-state index in [0.717, 1.165) is 17.3 Å². The first-order valence-corrected chi connectivity index (χ1v) is 7.80. The van der Waals surface area contributed by atoms with E-state index >= 15 is 0 Å². The number of anilines is 2. The maximum absolute atomic E-state index is 11.9. The highest BCUT2D eigenvalue weighted by atomic mass is 32.1. The normalized spacial score (nSPS) is 10.4. The van der Waals surface area contributed by atoms with E-state index in [0.29, 0.717) is 23.8 Å². The van der Waals surface area contributed by atoms with Crippen LogP contribution in [-0.2, 0) is 0 Å². The molecule has 0 fully saturated rings. The van der Waals surface area contributed by atoms with Crippen molar-refractivity contribution >= 4 is 28.9 Å². The van der Waals surface area contributed by atoms with Gasteiger partial charge < -0.3 is 15.5 Å². The molecule has 1 amide bonds. The fourth-order valence-corrected chi connectivity index (χ4v) is 2.56. The first kappa shape index (κ1) is 16.2. The summed E-state index contributed by atoms with van der Waals surface area (Å²) in [5.41, 5.74) is 2.44. The number of amides is 1. The standard InChI is InChI=1S/C14H20N6OS/c1-9-13(22-8-17-9)14(21)16-6-5-15-11-7-12(20(3)4)19-10(2)18-11/h7-8H,5-6H2,1-4H3,(H,16,21)(H,15,18,19). The van der Waals surface area contributed by atoms with Crippen LogP contribution in [0, 0.1) is 13.8 Å². The van der Waals surface area contributed by atoms with Gasteiger partial charge in [0.15, 0.2) is 0 Å². The van der Waals surface area contributed by atoms with E-state index < -0.39 is 0 Å². The summed E-state index contributed by atoms with van der Waals surface area (Å²) in [6, 6.07) is 1.88. The Morgan fingerprint density at radius 2 is 2.05 bits per heavy atom. The topological polar surface area (TPSA) is 83.0 Å². The van der Waals surface area contributed by atoms with Gasteiger partial charge in [0.05, 0.1) is 11.2 Å². The number of carbonyl (C=O) groups excluding carboxylic acids is 1. The number of aryl methyl sites for hydroxylation is 2. The molecule has 0 radical (unpaired) electrons. The molecule has 0 saturated heterocycles. The van der Waals surface area contributed by atoms with Crippen LogP contribution in [0.15, 0.2) is 11.6 Å². The Bertz CT molecular complexity index is 655. The Balaban J connectivity index is 1.84. The fraction of sp³-hybridized carbons (Fsp3) is 0.429. The van der Waals surface area contributed by atoms with Crippen molar-refractivity contribution in [3.8, 4) is 0 Å². The summed E-state index contributed by atoms with van der Waals surface area (Å²) in [7, 11) is 3.87. The highest BCUT2D eigenvalue weighted by Crippen LogP contribution is 2.13. The largest absolute Gasteiger partial charge is 0.368 e. The van der Waals surface area contributed by atoms with Crippen LogP contribution in [0.2, 0.25) is 0 Å². The zero-order chi connectivity index (χ0) is 16.1. The second-order valence-corrected chi connectivity index (χ2v) is 5.86. The van der Waals surface area contributed by atoms with Gasteiger partial charge in [0.2, 0.25) is 0 Å². The van der Waals surface area contributed by atoms with Crippen LogP contribution in [0.1, 0.15) is 21.2 Å². The van der Waals surface area contributed by atoms with Crippen molar-refractivity contribution in [2.45, 2.75) is 13.8 Å². The van der Waals surface area contributed by atoms with Gasteiger partial charge in [0.1, 0.15) is 22.3 Å². The highest BCUT2D eigenvalue weighted by molar-refractivity contribution is 7.11. The minimum atomic E-state index is -0.0883. The molecule has 0 atom stereocenters. The molecule has 2 heterocycles. The van der Waals surface area contributed by atoms with Crippen LogP contribution in [0.3, 0.4) is 0 Å². The second-order valence-electron chi connectivity index (χ2n) is 5.00. The monoisotopic (exact) mass is 320 g/mol. The van der Waals surface area contributed by atoms with Gasteiger partial charge in [0.25, 0.3) is 5.91 Å². The number of nitrogens with one attached hydrogen (secondary N) is 2. The van der Waals surface area contributed by atoms with Crippen LogP contribution >= 0.6 is 11.3 Å². The third kappa shape index (κ3) is 4.14. The summed E-state index contributed by atoms with van der Waals surface area (Å²) >= 11 is 1.35. The minimum absolute atomic E-state index is 0.0883. The number of nitrogens with zero attached hydrogens (tertiary/aromatic N) is 4. The summed E-state index contributed by atoms with van der Waals surface area (Å²) in [6.45, 7) is 4.78. The molecular weight excluding hydrogens is 300 g/mol. The molecule has 0 aliphatic rings. The van der Waals surface area contributed by atoms with Crippen molar-refractivity contribution in [3.05, 3.63) is 28.0 Å². The maximum atomic E-state index is 11.9. The zero-order valence-electron chi connectivity index (χ0n) is 13.2. The summed E-state index contributed by atoms with van der Waals surface area (Å²) in [6.07, 6.45) is 0. The van der Waals surface area contributed by atoms with Crippen molar-refractivity contribution in [2.24, 2.45) is 0 Å². The molecule has 22 heavy (non-hydrogen) atoms. The molecular formula is C14H20N6OS. The molecule has 0 aromatic carbocycles. The SMILES string of the molecule is Cc1nc(NCCNC(=O)c2scnc2C)cc(N(C)C)n1. The Labute approximate surface area is 133 Å². The maximum Gasteiger partial charge on any atom is 0.263 e. The molecule has 7 nitrogen and oxygen atoms in total. The average Bonchev–Trinajstić information content (AvgIpc) is 2.89. The summed E-state index contributed by atoms with van der Waals surface area (Å²) in [5, 5.41) is 6.05. The molecule has 0 spiro atoms. The minimum Gasteiger partial charge on any atom is -0.368 e. The third-order valence-electron chi connectivity index (χ3n) is 2.95. The summed E-state index contributed by atoms with van der Waals surface area (Å²) < 4.78 is 0. The first-order chi connectivity index (χ1) is 10.5. The number of hydrogen-bond acceptors (Lipinski definition) is 7. The van der Waals surface area contributed by atoms with Gasteiger partial charge in [-0.3, -0.25) is 4.79 Å². The van der Waals surface area contributed by atoms with Crippen molar-refractivity contribution in [3.63, 3.8) is 0 Å². The molecule has 0 bridgehead atoms. The van der Waals surface area contributed by atoms with Gasteiger partial charge in [-0.25, -0.2) is 15.0 Å². The molecule has 2 rings (SSSR count). The number of thiazole rings is 1. The van der Waals surface area contributed by atoms with E-state index in [1.165, 1.54) is 11.3 Å². The summed E-state index contributed by atoms with van der Waals surface area (Å²) in [5.74, 6) is 2.21. The number of aromatic nitrogens is 3. The summed E-state index contributed by atoms with van der Waals surface area (Å²) in [4.78, 5) is 27.2. The van der Waals surface area contributed by atoms with E-state index in [1.54, 1.807) is 5.51 Å². The average molecular weight is 320 g/mol. The first-order valence-electron chi connectivity index (χ1n) is 6.92. The van der Waals surface area contributed by atoms with Crippen molar-refractivity contribution < 1.29 is 4.79 Å². The zero-order valence-corrected chi connectivity index (χ0v) is 14.0. The van der Waals surface area contributed by atoms with E-state index in [4.69, 9.17) is 0 Å². The smallest absolute Gasteiger partial charge is 0.263 e.